The highest BCUT2D eigenvalue weighted by molar-refractivity contribution is 6.20. The Morgan fingerprint density at radius 1 is 1.25 bits per heavy atom. The molecule has 1 aliphatic rings. The van der Waals surface area contributed by atoms with Gasteiger partial charge in [-0.25, -0.2) is 4.79 Å². The molecular weight excluding hydrogens is 208 g/mol. The maximum Gasteiger partial charge on any atom is 0.328 e. The van der Waals surface area contributed by atoms with Crippen LogP contribution in [0, 0.1) is 11.3 Å². The Labute approximate surface area is 94.3 Å². The summed E-state index contributed by atoms with van der Waals surface area (Å²) in [7, 11) is 0. The third-order valence-electron chi connectivity index (χ3n) is 2.73. The molecule has 0 aromatic rings. The summed E-state index contributed by atoms with van der Waals surface area (Å²) in [5.41, 5.74) is -1.31. The van der Waals surface area contributed by atoms with Gasteiger partial charge in [-0.3, -0.25) is 20.2 Å². The minimum Gasteiger partial charge on any atom is -0.277 e. The van der Waals surface area contributed by atoms with Crippen LogP contribution >= 0.6 is 0 Å². The van der Waals surface area contributed by atoms with E-state index in [0.29, 0.717) is 18.8 Å². The van der Waals surface area contributed by atoms with Crippen LogP contribution in [-0.2, 0) is 9.59 Å². The van der Waals surface area contributed by atoms with Gasteiger partial charge in [-0.15, -0.1) is 6.58 Å². The van der Waals surface area contributed by atoms with Gasteiger partial charge in [0.15, 0.2) is 0 Å². The number of rotatable bonds is 4. The number of nitrogens with one attached hydrogen (secondary N) is 2. The molecule has 4 amide bonds. The highest BCUT2D eigenvalue weighted by Crippen LogP contribution is 2.29. The topological polar surface area (TPSA) is 75.3 Å². The standard InChI is InChI=1S/C11H16N2O3/c1-4-11(6-5-7(2)3)8(14)12-10(16)13-9(11)15/h4,7H,1,5-6H2,2-3H3,(H2,12,13,14,15,16). The largest absolute Gasteiger partial charge is 0.328 e. The lowest BCUT2D eigenvalue weighted by atomic mass is 9.78. The van der Waals surface area contributed by atoms with E-state index in [1.807, 2.05) is 13.8 Å². The Hall–Kier alpha value is -1.65. The lowest BCUT2D eigenvalue weighted by molar-refractivity contribution is -0.141. The molecule has 0 radical (unpaired) electrons. The number of carbonyl (C=O) groups excluding carboxylic acids is 3. The van der Waals surface area contributed by atoms with Gasteiger partial charge < -0.3 is 0 Å². The zero-order chi connectivity index (χ0) is 12.3. The Kier molecular flexibility index (Phi) is 3.47. The van der Waals surface area contributed by atoms with Crippen LogP contribution in [0.2, 0.25) is 0 Å². The van der Waals surface area contributed by atoms with E-state index in [0.717, 1.165) is 0 Å². The number of imide groups is 2. The lowest BCUT2D eigenvalue weighted by Crippen LogP contribution is -2.61. The van der Waals surface area contributed by atoms with Gasteiger partial charge >= 0.3 is 6.03 Å². The molecule has 0 aromatic heterocycles. The van der Waals surface area contributed by atoms with E-state index >= 15 is 0 Å². The van der Waals surface area contributed by atoms with Crippen molar-refractivity contribution in [3.05, 3.63) is 12.7 Å². The third kappa shape index (κ3) is 2.13. The Balaban J connectivity index is 2.92. The quantitative estimate of drug-likeness (QED) is 0.551. The van der Waals surface area contributed by atoms with Crippen LogP contribution in [0.3, 0.4) is 0 Å². The molecule has 5 nitrogen and oxygen atoms in total. The molecule has 5 heteroatoms. The molecule has 1 aliphatic heterocycles. The summed E-state index contributed by atoms with van der Waals surface area (Å²) in [5.74, 6) is -0.802. The van der Waals surface area contributed by atoms with Crippen LogP contribution in [0.25, 0.3) is 0 Å². The van der Waals surface area contributed by atoms with E-state index in [9.17, 15) is 14.4 Å². The lowest BCUT2D eigenvalue weighted by Gasteiger charge is -2.31. The molecule has 1 fully saturated rings. The summed E-state index contributed by atoms with van der Waals surface area (Å²) >= 11 is 0. The van der Waals surface area contributed by atoms with E-state index in [1.165, 1.54) is 6.08 Å². The van der Waals surface area contributed by atoms with Crippen LogP contribution < -0.4 is 10.6 Å². The van der Waals surface area contributed by atoms with Crippen LogP contribution in [0.5, 0.6) is 0 Å². The summed E-state index contributed by atoms with van der Waals surface area (Å²) in [5, 5.41) is 4.19. The zero-order valence-electron chi connectivity index (χ0n) is 9.50. The molecule has 0 unspecified atom stereocenters. The van der Waals surface area contributed by atoms with Crippen molar-refractivity contribution < 1.29 is 14.4 Å². The van der Waals surface area contributed by atoms with Crippen molar-refractivity contribution in [2.45, 2.75) is 26.7 Å². The highest BCUT2D eigenvalue weighted by Gasteiger charge is 2.47. The Bertz CT molecular complexity index is 327. The van der Waals surface area contributed by atoms with Gasteiger partial charge in [0, 0.05) is 0 Å². The fourth-order valence-corrected chi connectivity index (χ4v) is 1.59. The van der Waals surface area contributed by atoms with Crippen molar-refractivity contribution in [1.82, 2.24) is 10.6 Å². The summed E-state index contributed by atoms with van der Waals surface area (Å²) in [6.45, 7) is 7.53. The van der Waals surface area contributed by atoms with Gasteiger partial charge in [0.2, 0.25) is 11.8 Å². The number of hydrogen-bond acceptors (Lipinski definition) is 3. The molecule has 0 aromatic carbocycles. The van der Waals surface area contributed by atoms with E-state index in [4.69, 9.17) is 0 Å². The second-order valence-corrected chi connectivity index (χ2v) is 4.35. The van der Waals surface area contributed by atoms with E-state index < -0.39 is 23.3 Å². The first-order chi connectivity index (χ1) is 7.42. The first-order valence-electron chi connectivity index (χ1n) is 5.23. The normalized spacial score (nSPS) is 19.3. The molecule has 1 saturated heterocycles. The average Bonchev–Trinajstić information content (AvgIpc) is 2.17. The predicted molar refractivity (Wildman–Crippen MR) is 58.4 cm³/mol. The van der Waals surface area contributed by atoms with Crippen molar-refractivity contribution in [2.24, 2.45) is 11.3 Å². The van der Waals surface area contributed by atoms with E-state index in [-0.39, 0.29) is 0 Å². The number of carbonyl (C=O) groups is 3. The summed E-state index contributed by atoms with van der Waals surface area (Å²) < 4.78 is 0. The molecule has 0 bridgehead atoms. The molecule has 88 valence electrons. The number of barbiturate groups is 1. The number of urea groups is 1. The van der Waals surface area contributed by atoms with E-state index in [1.54, 1.807) is 0 Å². The van der Waals surface area contributed by atoms with Crippen molar-refractivity contribution >= 4 is 17.8 Å². The molecule has 0 aliphatic carbocycles. The van der Waals surface area contributed by atoms with Gasteiger partial charge in [-0.1, -0.05) is 19.9 Å². The van der Waals surface area contributed by atoms with Crippen LogP contribution in [0.15, 0.2) is 12.7 Å². The fraction of sp³-hybridized carbons (Fsp3) is 0.545. The van der Waals surface area contributed by atoms with Gasteiger partial charge in [-0.2, -0.15) is 0 Å². The van der Waals surface area contributed by atoms with Crippen LogP contribution in [0.1, 0.15) is 26.7 Å². The van der Waals surface area contributed by atoms with Crippen molar-refractivity contribution in [1.29, 1.82) is 0 Å². The highest BCUT2D eigenvalue weighted by atomic mass is 16.2. The molecule has 1 rings (SSSR count). The summed E-state index contributed by atoms with van der Waals surface area (Å²) in [4.78, 5) is 34.4. The first kappa shape index (κ1) is 12.4. The van der Waals surface area contributed by atoms with Gasteiger partial charge in [0.05, 0.1) is 0 Å². The Morgan fingerprint density at radius 2 is 1.75 bits per heavy atom. The monoisotopic (exact) mass is 224 g/mol. The number of amides is 4. The molecule has 0 spiro atoms. The maximum atomic E-state index is 11.7. The molecule has 0 atom stereocenters. The average molecular weight is 224 g/mol. The zero-order valence-corrected chi connectivity index (χ0v) is 9.50. The summed E-state index contributed by atoms with van der Waals surface area (Å²) in [6.07, 6.45) is 2.38. The van der Waals surface area contributed by atoms with E-state index in [2.05, 4.69) is 17.2 Å². The van der Waals surface area contributed by atoms with Gasteiger partial charge in [-0.05, 0) is 18.8 Å². The molecule has 2 N–H and O–H groups in total. The first-order valence-corrected chi connectivity index (χ1v) is 5.23. The Morgan fingerprint density at radius 3 is 2.12 bits per heavy atom. The van der Waals surface area contributed by atoms with Gasteiger partial charge in [0.25, 0.3) is 0 Å². The molecule has 1 heterocycles. The minimum atomic E-state index is -1.31. The fourth-order valence-electron chi connectivity index (χ4n) is 1.59. The second-order valence-electron chi connectivity index (χ2n) is 4.35. The smallest absolute Gasteiger partial charge is 0.277 e. The SMILES string of the molecule is C=CC1(CCC(C)C)C(=O)NC(=O)NC1=O. The minimum absolute atomic E-state index is 0.360. The van der Waals surface area contributed by atoms with Crippen molar-refractivity contribution in [3.63, 3.8) is 0 Å². The summed E-state index contributed by atoms with van der Waals surface area (Å²) in [6, 6.07) is -0.767. The van der Waals surface area contributed by atoms with Crippen LogP contribution in [0.4, 0.5) is 4.79 Å². The van der Waals surface area contributed by atoms with Crippen molar-refractivity contribution in [2.75, 3.05) is 0 Å². The van der Waals surface area contributed by atoms with Crippen molar-refractivity contribution in [3.8, 4) is 0 Å². The van der Waals surface area contributed by atoms with Crippen LogP contribution in [-0.4, -0.2) is 17.8 Å². The predicted octanol–water partition coefficient (Wildman–Crippen LogP) is 0.961. The molecular formula is C11H16N2O3. The van der Waals surface area contributed by atoms with Gasteiger partial charge in [0.1, 0.15) is 5.41 Å². The second kappa shape index (κ2) is 4.47. The molecule has 0 saturated carbocycles. The molecule has 16 heavy (non-hydrogen) atoms. The maximum absolute atomic E-state index is 11.7. The number of hydrogen-bond donors (Lipinski definition) is 2. The third-order valence-corrected chi connectivity index (χ3v) is 2.73.